The largest absolute Gasteiger partial charge is 0.426 e. The van der Waals surface area contributed by atoms with Gasteiger partial charge in [0.2, 0.25) is 0 Å². The van der Waals surface area contributed by atoms with Crippen molar-refractivity contribution >= 4 is 27.8 Å². The third-order valence-electron chi connectivity index (χ3n) is 2.71. The third-order valence-corrected chi connectivity index (χ3v) is 2.71. The summed E-state index contributed by atoms with van der Waals surface area (Å²) in [5, 5.41) is 12.1. The molecule has 2 aromatic rings. The number of nitrogens with one attached hydrogen (secondary N) is 3. The van der Waals surface area contributed by atoms with E-state index >= 15 is 0 Å². The molecule has 84 valence electrons. The molecule has 0 atom stereocenters. The van der Waals surface area contributed by atoms with Gasteiger partial charge >= 0.3 is 0 Å². The predicted molar refractivity (Wildman–Crippen MR) is 68.2 cm³/mol. The molecule has 2 aromatic carbocycles. The molecule has 0 aliphatic rings. The molecule has 0 heterocycles. The van der Waals surface area contributed by atoms with Crippen molar-refractivity contribution in [3.05, 3.63) is 24.3 Å². The summed E-state index contributed by atoms with van der Waals surface area (Å²) in [5.41, 5.74) is 3.46. The van der Waals surface area contributed by atoms with E-state index < -0.39 is 0 Å². The van der Waals surface area contributed by atoms with Crippen molar-refractivity contribution < 1.29 is 26.2 Å². The standard InChI is InChI=1S/C12H16N3.Zr/c1-13-8-6-9-10(7-8)12(15-3)5-4-11(9)14-2;/h4-7,13-15H,1-3H3;/q-1;. The van der Waals surface area contributed by atoms with Crippen molar-refractivity contribution in [3.8, 4) is 0 Å². The minimum Gasteiger partial charge on any atom is -0.426 e. The molecule has 0 fully saturated rings. The molecule has 3 N–H and O–H groups in total. The van der Waals surface area contributed by atoms with Gasteiger partial charge in [0.05, 0.1) is 0 Å². The molecule has 0 aromatic heterocycles. The predicted octanol–water partition coefficient (Wildman–Crippen LogP) is 2.68. The van der Waals surface area contributed by atoms with E-state index in [-0.39, 0.29) is 26.2 Å². The zero-order chi connectivity index (χ0) is 10.8. The Hall–Kier alpha value is -0.887. The van der Waals surface area contributed by atoms with Gasteiger partial charge in [-0.15, -0.1) is 22.9 Å². The van der Waals surface area contributed by atoms with Gasteiger partial charge in [-0.05, 0) is 18.4 Å². The molecule has 0 amide bonds. The van der Waals surface area contributed by atoms with Crippen LogP contribution in [-0.2, 0) is 26.2 Å². The van der Waals surface area contributed by atoms with Gasteiger partial charge in [-0.3, -0.25) is 0 Å². The molecule has 0 bridgehead atoms. The minimum absolute atomic E-state index is 0. The van der Waals surface area contributed by atoms with E-state index in [4.69, 9.17) is 0 Å². The van der Waals surface area contributed by atoms with Crippen LogP contribution in [0.25, 0.3) is 10.8 Å². The maximum Gasteiger partial charge on any atom is 0.00257 e. The van der Waals surface area contributed by atoms with Gasteiger partial charge in [0.1, 0.15) is 0 Å². The average molecular weight is 294 g/mol. The first-order valence-corrected chi connectivity index (χ1v) is 5.07. The van der Waals surface area contributed by atoms with Crippen LogP contribution >= 0.6 is 0 Å². The van der Waals surface area contributed by atoms with Crippen LogP contribution < -0.4 is 16.0 Å². The summed E-state index contributed by atoms with van der Waals surface area (Å²) in [6.07, 6.45) is 0. The fourth-order valence-electron chi connectivity index (χ4n) is 1.88. The molecule has 2 rings (SSSR count). The maximum atomic E-state index is 3.20. The second kappa shape index (κ2) is 5.44. The number of hydrogen-bond donors (Lipinski definition) is 3. The fraction of sp³-hybridized carbons (Fsp3) is 0.250. The maximum absolute atomic E-state index is 3.20. The Morgan fingerprint density at radius 1 is 0.938 bits per heavy atom. The van der Waals surface area contributed by atoms with Crippen LogP contribution in [0.3, 0.4) is 0 Å². The third kappa shape index (κ3) is 2.12. The van der Waals surface area contributed by atoms with Crippen LogP contribution in [-0.4, -0.2) is 21.1 Å². The van der Waals surface area contributed by atoms with E-state index in [0.29, 0.717) is 0 Å². The van der Waals surface area contributed by atoms with Crippen LogP contribution in [0.2, 0.25) is 0 Å². The van der Waals surface area contributed by atoms with Crippen LogP contribution in [0.4, 0.5) is 17.1 Å². The van der Waals surface area contributed by atoms with E-state index in [1.54, 1.807) is 0 Å². The van der Waals surface area contributed by atoms with E-state index in [9.17, 15) is 0 Å². The Morgan fingerprint density at radius 3 is 2.12 bits per heavy atom. The zero-order valence-corrected chi connectivity index (χ0v) is 12.3. The Kier molecular flexibility index (Phi) is 4.48. The van der Waals surface area contributed by atoms with Crippen molar-refractivity contribution in [1.29, 1.82) is 0 Å². The number of anilines is 3. The summed E-state index contributed by atoms with van der Waals surface area (Å²) in [6.45, 7) is 0. The Morgan fingerprint density at radius 2 is 1.56 bits per heavy atom. The minimum atomic E-state index is 0. The fourth-order valence-corrected chi connectivity index (χ4v) is 1.88. The Balaban J connectivity index is 0.00000128. The molecule has 0 spiro atoms. The topological polar surface area (TPSA) is 36.1 Å². The van der Waals surface area contributed by atoms with Gasteiger partial charge in [0.25, 0.3) is 0 Å². The van der Waals surface area contributed by atoms with Crippen LogP contribution in [0.5, 0.6) is 0 Å². The van der Waals surface area contributed by atoms with Gasteiger partial charge in [-0.25, -0.2) is 0 Å². The summed E-state index contributed by atoms with van der Waals surface area (Å²) in [5.74, 6) is 0. The molecule has 0 radical (unpaired) electrons. The van der Waals surface area contributed by atoms with Gasteiger partial charge in [-0.2, -0.15) is 0 Å². The van der Waals surface area contributed by atoms with Crippen LogP contribution in [0, 0.1) is 0 Å². The van der Waals surface area contributed by atoms with E-state index in [1.807, 2.05) is 21.1 Å². The normalized spacial score (nSPS) is 9.69. The van der Waals surface area contributed by atoms with Crippen molar-refractivity contribution in [2.45, 2.75) is 0 Å². The Bertz CT molecular complexity index is 435. The molecule has 3 nitrogen and oxygen atoms in total. The molecular formula is C12H16N3Zr-. The number of hydrogen-bond acceptors (Lipinski definition) is 3. The van der Waals surface area contributed by atoms with E-state index in [2.05, 4.69) is 40.2 Å². The molecule has 0 saturated carbocycles. The van der Waals surface area contributed by atoms with Crippen molar-refractivity contribution in [2.75, 3.05) is 37.1 Å². The average Bonchev–Trinajstić information content (AvgIpc) is 2.71. The second-order valence-corrected chi connectivity index (χ2v) is 3.48. The molecule has 0 saturated heterocycles. The van der Waals surface area contributed by atoms with Gasteiger partial charge in [-0.1, -0.05) is 17.8 Å². The molecular weight excluding hydrogens is 277 g/mol. The quantitative estimate of drug-likeness (QED) is 0.762. The van der Waals surface area contributed by atoms with Crippen LogP contribution in [0.15, 0.2) is 24.3 Å². The van der Waals surface area contributed by atoms with E-state index in [1.165, 1.54) is 10.8 Å². The van der Waals surface area contributed by atoms with Crippen molar-refractivity contribution in [1.82, 2.24) is 0 Å². The van der Waals surface area contributed by atoms with E-state index in [0.717, 1.165) is 17.1 Å². The summed E-state index contributed by atoms with van der Waals surface area (Å²) in [7, 11) is 5.83. The zero-order valence-electron chi connectivity index (χ0n) is 9.81. The SMILES string of the molecule is CNc1cc2c(NC)ccc(NC)c2[cH-]1.[Zr]. The first-order chi connectivity index (χ1) is 7.30. The second-order valence-electron chi connectivity index (χ2n) is 3.48. The summed E-state index contributed by atoms with van der Waals surface area (Å²) in [4.78, 5) is 0. The number of benzene rings is 1. The summed E-state index contributed by atoms with van der Waals surface area (Å²) < 4.78 is 0. The van der Waals surface area contributed by atoms with Crippen molar-refractivity contribution in [2.24, 2.45) is 0 Å². The number of rotatable bonds is 3. The Labute approximate surface area is 115 Å². The van der Waals surface area contributed by atoms with Gasteiger partial charge in [0, 0.05) is 40.3 Å². The summed E-state index contributed by atoms with van der Waals surface area (Å²) >= 11 is 0. The summed E-state index contributed by atoms with van der Waals surface area (Å²) in [6, 6.07) is 8.49. The molecule has 16 heavy (non-hydrogen) atoms. The monoisotopic (exact) mass is 292 g/mol. The number of fused-ring (bicyclic) bond motifs is 1. The molecule has 0 aliphatic carbocycles. The first kappa shape index (κ1) is 13.2. The van der Waals surface area contributed by atoms with Gasteiger partial charge < -0.3 is 16.0 Å². The molecule has 4 heteroatoms. The first-order valence-electron chi connectivity index (χ1n) is 5.07. The molecule has 0 aliphatic heterocycles. The molecule has 0 unspecified atom stereocenters. The van der Waals surface area contributed by atoms with Gasteiger partial charge in [0.15, 0.2) is 0 Å². The van der Waals surface area contributed by atoms with Crippen LogP contribution in [0.1, 0.15) is 0 Å². The van der Waals surface area contributed by atoms with Crippen molar-refractivity contribution in [3.63, 3.8) is 0 Å². The smallest absolute Gasteiger partial charge is 0.00257 e.